The normalized spacial score (nSPS) is 16.2. The Balaban J connectivity index is 1.26. The maximum atomic E-state index is 13.3. The minimum Gasteiger partial charge on any atom is -0.302 e. The zero-order valence-electron chi connectivity index (χ0n) is 24.1. The highest BCUT2D eigenvalue weighted by atomic mass is 16.1. The van der Waals surface area contributed by atoms with Gasteiger partial charge in [-0.1, -0.05) is 103 Å². The summed E-state index contributed by atoms with van der Waals surface area (Å²) in [5.74, 6) is 0. The lowest BCUT2D eigenvalue weighted by atomic mass is 9.68. The first-order chi connectivity index (χ1) is 21.7. The van der Waals surface area contributed by atoms with Gasteiger partial charge in [-0.05, 0) is 137 Å². The molecule has 1 aliphatic carbocycles. The predicted octanol–water partition coefficient (Wildman–Crippen LogP) is 11.0. The lowest BCUT2D eigenvalue weighted by Gasteiger charge is -2.33. The van der Waals surface area contributed by atoms with E-state index < -0.39 is 5.41 Å². The van der Waals surface area contributed by atoms with Crippen LogP contribution < -0.4 is 0 Å². The van der Waals surface area contributed by atoms with Gasteiger partial charge in [0.05, 0.1) is 5.41 Å². The molecule has 0 bridgehead atoms. The second-order valence-electron chi connectivity index (χ2n) is 12.2. The Morgan fingerprint density at radius 1 is 0.500 bits per heavy atom. The number of rotatable bonds is 3. The van der Waals surface area contributed by atoms with Crippen LogP contribution >= 0.6 is 0 Å². The Morgan fingerprint density at radius 3 is 1.84 bits per heavy atom. The van der Waals surface area contributed by atoms with Gasteiger partial charge in [-0.15, -0.1) is 0 Å². The van der Waals surface area contributed by atoms with Gasteiger partial charge in [-0.2, -0.15) is 0 Å². The van der Waals surface area contributed by atoms with Gasteiger partial charge in [-0.3, -0.25) is 0 Å². The molecule has 9 rings (SSSR count). The molecule has 1 atom stereocenters. The highest BCUT2D eigenvalue weighted by Gasteiger charge is 2.37. The largest absolute Gasteiger partial charge is 0.302 e. The Labute approximate surface area is 255 Å². The summed E-state index contributed by atoms with van der Waals surface area (Å²) in [7, 11) is 0. The van der Waals surface area contributed by atoms with Gasteiger partial charge in [0, 0.05) is 0 Å². The van der Waals surface area contributed by atoms with E-state index in [1.807, 2.05) is 0 Å². The van der Waals surface area contributed by atoms with Crippen LogP contribution in [0.1, 0.15) is 23.1 Å². The third-order valence-electron chi connectivity index (χ3n) is 9.69. The number of hydrogen-bond acceptors (Lipinski definition) is 1. The van der Waals surface area contributed by atoms with Crippen LogP contribution in [-0.4, -0.2) is 6.29 Å². The number of hydrogen-bond donors (Lipinski definition) is 0. The van der Waals surface area contributed by atoms with Gasteiger partial charge in [0.2, 0.25) is 0 Å². The van der Waals surface area contributed by atoms with E-state index in [9.17, 15) is 4.79 Å². The van der Waals surface area contributed by atoms with Crippen LogP contribution in [-0.2, 0) is 10.2 Å². The molecule has 0 aliphatic heterocycles. The van der Waals surface area contributed by atoms with Crippen LogP contribution in [0.5, 0.6) is 0 Å². The zero-order chi connectivity index (χ0) is 29.3. The molecule has 0 amide bonds. The van der Waals surface area contributed by atoms with Crippen LogP contribution in [0.3, 0.4) is 0 Å². The average molecular weight is 561 g/mol. The fourth-order valence-electron chi connectivity index (χ4n) is 7.49. The molecule has 1 unspecified atom stereocenters. The molecule has 0 saturated heterocycles. The molecule has 0 radical (unpaired) electrons. The molecule has 0 saturated carbocycles. The number of carbonyl (C=O) groups excluding carboxylic acids is 1. The van der Waals surface area contributed by atoms with Crippen molar-refractivity contribution in [2.45, 2.75) is 11.8 Å². The Hall–Kier alpha value is -5.53. The van der Waals surface area contributed by atoms with Crippen molar-refractivity contribution in [2.24, 2.45) is 0 Å². The van der Waals surface area contributed by atoms with Gasteiger partial charge in [0.25, 0.3) is 0 Å². The van der Waals surface area contributed by atoms with Gasteiger partial charge < -0.3 is 4.79 Å². The zero-order valence-corrected chi connectivity index (χ0v) is 24.1. The lowest BCUT2D eigenvalue weighted by molar-refractivity contribution is -0.111. The first kappa shape index (κ1) is 25.0. The topological polar surface area (TPSA) is 17.1 Å². The summed E-state index contributed by atoms with van der Waals surface area (Å²) in [6.07, 6.45) is 6.16. The molecule has 1 nitrogen and oxygen atoms in total. The fraction of sp³-hybridized carbons (Fsp3) is 0.0465. The Morgan fingerprint density at radius 2 is 1.09 bits per heavy atom. The third kappa shape index (κ3) is 3.69. The van der Waals surface area contributed by atoms with Gasteiger partial charge in [0.15, 0.2) is 0 Å². The molecular weight excluding hydrogens is 532 g/mol. The molecule has 0 aromatic heterocycles. The Kier molecular flexibility index (Phi) is 5.39. The SMILES string of the molecule is O=CC1(c2ccc3c(-c4ccccc4)c4ccccc4cc3c2)CC=Cc2cc3cc4cc5ccccc5cc4cc3cc21. The van der Waals surface area contributed by atoms with Crippen LogP contribution in [0.15, 0.2) is 146 Å². The summed E-state index contributed by atoms with van der Waals surface area (Å²) in [5, 5.41) is 12.1. The van der Waals surface area contributed by atoms with Crippen LogP contribution in [0, 0.1) is 0 Å². The van der Waals surface area contributed by atoms with E-state index in [1.165, 1.54) is 60.5 Å². The first-order valence-corrected chi connectivity index (χ1v) is 15.3. The van der Waals surface area contributed by atoms with Crippen LogP contribution in [0.2, 0.25) is 0 Å². The molecule has 1 heteroatoms. The van der Waals surface area contributed by atoms with E-state index in [0.29, 0.717) is 6.42 Å². The van der Waals surface area contributed by atoms with E-state index in [1.54, 1.807) is 0 Å². The maximum absolute atomic E-state index is 13.3. The van der Waals surface area contributed by atoms with Crippen molar-refractivity contribution in [2.75, 3.05) is 0 Å². The van der Waals surface area contributed by atoms with Gasteiger partial charge in [0.1, 0.15) is 6.29 Å². The summed E-state index contributed by atoms with van der Waals surface area (Å²) in [6.45, 7) is 0. The smallest absolute Gasteiger partial charge is 0.135 e. The monoisotopic (exact) mass is 560 g/mol. The molecule has 0 N–H and O–H groups in total. The first-order valence-electron chi connectivity index (χ1n) is 15.3. The van der Waals surface area contributed by atoms with Crippen molar-refractivity contribution < 1.29 is 4.79 Å². The van der Waals surface area contributed by atoms with E-state index in [0.717, 1.165) is 27.5 Å². The van der Waals surface area contributed by atoms with Crippen LogP contribution in [0.4, 0.5) is 0 Å². The molecule has 8 aromatic rings. The highest BCUT2D eigenvalue weighted by molar-refractivity contribution is 6.13. The molecule has 206 valence electrons. The van der Waals surface area contributed by atoms with Crippen LogP contribution in [0.25, 0.3) is 71.1 Å². The summed E-state index contributed by atoms with van der Waals surface area (Å²) in [6, 6.07) is 50.3. The van der Waals surface area contributed by atoms with Gasteiger partial charge in [-0.25, -0.2) is 0 Å². The minimum atomic E-state index is -0.761. The molecule has 1 aliphatic rings. The standard InChI is InChI=1S/C43H28O/c44-27-43(38-16-17-40-37(25-38)21-31-13-6-7-15-39(31)42(40)28-9-2-1-3-10-28)18-8-14-32-22-35-23-33-19-29-11-4-5-12-30(29)20-34(33)24-36(35)26-41(32)43/h1-17,19-27H,18H2. The molecule has 0 heterocycles. The predicted molar refractivity (Wildman–Crippen MR) is 186 cm³/mol. The second-order valence-corrected chi connectivity index (χ2v) is 12.2. The lowest BCUT2D eigenvalue weighted by Crippen LogP contribution is -2.31. The number of aldehydes is 1. The minimum absolute atomic E-state index is 0.637. The van der Waals surface area contributed by atoms with Crippen molar-refractivity contribution >= 4 is 66.2 Å². The van der Waals surface area contributed by atoms with E-state index >= 15 is 0 Å². The third-order valence-corrected chi connectivity index (χ3v) is 9.69. The molecule has 0 spiro atoms. The number of allylic oxidation sites excluding steroid dienone is 1. The van der Waals surface area contributed by atoms with Gasteiger partial charge >= 0.3 is 0 Å². The maximum Gasteiger partial charge on any atom is 0.135 e. The summed E-state index contributed by atoms with van der Waals surface area (Å²) < 4.78 is 0. The van der Waals surface area contributed by atoms with E-state index in [4.69, 9.17) is 0 Å². The number of benzene rings is 8. The number of fused-ring (bicyclic) bond motifs is 6. The summed E-state index contributed by atoms with van der Waals surface area (Å²) in [4.78, 5) is 13.3. The molecular formula is C43H28O. The fourth-order valence-corrected chi connectivity index (χ4v) is 7.49. The highest BCUT2D eigenvalue weighted by Crippen LogP contribution is 2.44. The molecule has 8 aromatic carbocycles. The average Bonchev–Trinajstić information content (AvgIpc) is 3.07. The summed E-state index contributed by atoms with van der Waals surface area (Å²) in [5.41, 5.74) is 4.89. The van der Waals surface area contributed by atoms with Crippen molar-refractivity contribution in [1.29, 1.82) is 0 Å². The van der Waals surface area contributed by atoms with E-state index in [-0.39, 0.29) is 0 Å². The Bertz CT molecular complexity index is 2480. The molecule has 0 fully saturated rings. The van der Waals surface area contributed by atoms with Crippen molar-refractivity contribution in [3.05, 3.63) is 162 Å². The van der Waals surface area contributed by atoms with E-state index in [2.05, 4.69) is 152 Å². The van der Waals surface area contributed by atoms with Crippen molar-refractivity contribution in [3.8, 4) is 11.1 Å². The second kappa shape index (κ2) is 9.49. The summed E-state index contributed by atoms with van der Waals surface area (Å²) >= 11 is 0. The quantitative estimate of drug-likeness (QED) is 0.155. The van der Waals surface area contributed by atoms with Crippen molar-refractivity contribution in [3.63, 3.8) is 0 Å². The molecule has 44 heavy (non-hydrogen) atoms. The van der Waals surface area contributed by atoms with Crippen molar-refractivity contribution in [1.82, 2.24) is 0 Å². The number of carbonyl (C=O) groups is 1.